The van der Waals surface area contributed by atoms with Crippen molar-refractivity contribution in [2.45, 2.75) is 12.8 Å². The second-order valence-electron chi connectivity index (χ2n) is 3.96. The van der Waals surface area contributed by atoms with Crippen LogP contribution in [0.3, 0.4) is 0 Å². The molecule has 3 nitrogen and oxygen atoms in total. The van der Waals surface area contributed by atoms with Crippen molar-refractivity contribution in [1.82, 2.24) is 0 Å². The number of aliphatic carboxylic acids is 1. The highest BCUT2D eigenvalue weighted by Crippen LogP contribution is 2.34. The van der Waals surface area contributed by atoms with Crippen molar-refractivity contribution in [3.05, 3.63) is 42.0 Å². The first kappa shape index (κ1) is 11.5. The number of carboxylic acid groups (broad SMARTS) is 1. The van der Waals surface area contributed by atoms with E-state index in [1.165, 1.54) is 0 Å². The van der Waals surface area contributed by atoms with Crippen LogP contribution in [0.25, 0.3) is 10.8 Å². The molecule has 0 fully saturated rings. The van der Waals surface area contributed by atoms with Crippen LogP contribution in [0, 0.1) is 0 Å². The van der Waals surface area contributed by atoms with Crippen LogP contribution < -0.4 is 4.74 Å². The van der Waals surface area contributed by atoms with Gasteiger partial charge in [0.2, 0.25) is 0 Å². The number of benzene rings is 2. The summed E-state index contributed by atoms with van der Waals surface area (Å²) in [5, 5.41) is 11.1. The zero-order chi connectivity index (χ0) is 12.4. The molecule has 0 aliphatic heterocycles. The minimum atomic E-state index is -0.848. The largest absolute Gasteiger partial charge is 0.496 e. The number of ether oxygens (including phenoxy) is 1. The maximum Gasteiger partial charge on any atom is 0.310 e. The highest BCUT2D eigenvalue weighted by molar-refractivity contribution is 5.92. The zero-order valence-electron chi connectivity index (χ0n) is 9.81. The Morgan fingerprint density at radius 3 is 2.59 bits per heavy atom. The molecular formula is C14H14O3. The molecule has 0 aromatic heterocycles. The van der Waals surface area contributed by atoms with Gasteiger partial charge in [0, 0.05) is 5.56 Å². The van der Waals surface area contributed by atoms with E-state index in [1.54, 1.807) is 14.0 Å². The molecule has 2 aromatic rings. The Morgan fingerprint density at radius 1 is 1.24 bits per heavy atom. The molecule has 0 saturated carbocycles. The lowest BCUT2D eigenvalue weighted by atomic mass is 9.94. The van der Waals surface area contributed by atoms with E-state index >= 15 is 0 Å². The summed E-state index contributed by atoms with van der Waals surface area (Å²) in [7, 11) is 1.56. The third-order valence-electron chi connectivity index (χ3n) is 2.95. The zero-order valence-corrected chi connectivity index (χ0v) is 9.81. The van der Waals surface area contributed by atoms with Gasteiger partial charge in [0.15, 0.2) is 0 Å². The molecule has 0 radical (unpaired) electrons. The Labute approximate surface area is 99.6 Å². The summed E-state index contributed by atoms with van der Waals surface area (Å²) in [5.74, 6) is -0.811. The van der Waals surface area contributed by atoms with Gasteiger partial charge in [-0.2, -0.15) is 0 Å². The molecule has 2 rings (SSSR count). The number of hydrogen-bond acceptors (Lipinski definition) is 2. The Bertz CT molecular complexity index is 560. The van der Waals surface area contributed by atoms with Crippen LogP contribution in [0.4, 0.5) is 0 Å². The Balaban J connectivity index is 2.75. The van der Waals surface area contributed by atoms with Crippen LogP contribution in [0.1, 0.15) is 18.4 Å². The van der Waals surface area contributed by atoms with E-state index in [9.17, 15) is 4.79 Å². The van der Waals surface area contributed by atoms with Gasteiger partial charge in [-0.1, -0.05) is 30.3 Å². The number of methoxy groups -OCH3 is 1. The van der Waals surface area contributed by atoms with Gasteiger partial charge < -0.3 is 9.84 Å². The summed E-state index contributed by atoms with van der Waals surface area (Å²) in [4.78, 5) is 11.2. The number of hydrogen-bond donors (Lipinski definition) is 1. The van der Waals surface area contributed by atoms with Crippen molar-refractivity contribution in [3.8, 4) is 5.75 Å². The summed E-state index contributed by atoms with van der Waals surface area (Å²) in [6, 6.07) is 11.5. The molecule has 3 heteroatoms. The lowest BCUT2D eigenvalue weighted by Gasteiger charge is -2.15. The molecular weight excluding hydrogens is 216 g/mol. The van der Waals surface area contributed by atoms with E-state index in [0.717, 1.165) is 16.3 Å². The molecule has 0 aliphatic rings. The molecule has 1 atom stereocenters. The van der Waals surface area contributed by atoms with Gasteiger partial charge in [-0.15, -0.1) is 0 Å². The molecule has 0 bridgehead atoms. The highest BCUT2D eigenvalue weighted by Gasteiger charge is 2.20. The smallest absolute Gasteiger partial charge is 0.310 e. The van der Waals surface area contributed by atoms with E-state index in [0.29, 0.717) is 5.75 Å². The lowest BCUT2D eigenvalue weighted by Crippen LogP contribution is -2.09. The predicted octanol–water partition coefficient (Wildman–Crippen LogP) is 3.04. The number of rotatable bonds is 3. The third kappa shape index (κ3) is 1.96. The standard InChI is InChI=1S/C14H14O3/c1-9(14(15)16)13-11-6-4-3-5-10(11)7-8-12(13)17-2/h3-9H,1-2H3,(H,15,16)/t9-/m1/s1. The fourth-order valence-electron chi connectivity index (χ4n) is 2.02. The molecule has 17 heavy (non-hydrogen) atoms. The second-order valence-corrected chi connectivity index (χ2v) is 3.96. The SMILES string of the molecule is COc1ccc2ccccc2c1[C@@H](C)C(=O)O. The van der Waals surface area contributed by atoms with Crippen LogP contribution in [0.2, 0.25) is 0 Å². The number of fused-ring (bicyclic) bond motifs is 1. The maximum absolute atomic E-state index is 11.2. The molecule has 0 unspecified atom stereocenters. The predicted molar refractivity (Wildman–Crippen MR) is 66.6 cm³/mol. The first-order valence-electron chi connectivity index (χ1n) is 5.43. The Hall–Kier alpha value is -2.03. The molecule has 0 aliphatic carbocycles. The molecule has 0 heterocycles. The highest BCUT2D eigenvalue weighted by atomic mass is 16.5. The van der Waals surface area contributed by atoms with Gasteiger partial charge in [-0.05, 0) is 23.8 Å². The Morgan fingerprint density at radius 2 is 1.94 bits per heavy atom. The summed E-state index contributed by atoms with van der Waals surface area (Å²) >= 11 is 0. The molecule has 1 N–H and O–H groups in total. The monoisotopic (exact) mass is 230 g/mol. The van der Waals surface area contributed by atoms with Crippen LogP contribution in [0.5, 0.6) is 5.75 Å². The molecule has 0 spiro atoms. The van der Waals surface area contributed by atoms with Crippen LogP contribution in [0.15, 0.2) is 36.4 Å². The van der Waals surface area contributed by atoms with Crippen molar-refractivity contribution in [3.63, 3.8) is 0 Å². The van der Waals surface area contributed by atoms with Gasteiger partial charge in [-0.25, -0.2) is 0 Å². The maximum atomic E-state index is 11.2. The summed E-state index contributed by atoms with van der Waals surface area (Å²) in [6.45, 7) is 1.67. The first-order valence-corrected chi connectivity index (χ1v) is 5.43. The van der Waals surface area contributed by atoms with Gasteiger partial charge in [0.05, 0.1) is 13.0 Å². The van der Waals surface area contributed by atoms with E-state index < -0.39 is 11.9 Å². The van der Waals surface area contributed by atoms with Gasteiger partial charge in [0.25, 0.3) is 0 Å². The number of carbonyl (C=O) groups is 1. The summed E-state index contributed by atoms with van der Waals surface area (Å²) in [6.07, 6.45) is 0. The van der Waals surface area contributed by atoms with Crippen molar-refractivity contribution >= 4 is 16.7 Å². The molecule has 0 amide bonds. The van der Waals surface area contributed by atoms with E-state index in [1.807, 2.05) is 36.4 Å². The van der Waals surface area contributed by atoms with Crippen LogP contribution in [-0.4, -0.2) is 18.2 Å². The normalized spacial score (nSPS) is 12.4. The van der Waals surface area contributed by atoms with E-state index in [2.05, 4.69) is 0 Å². The lowest BCUT2D eigenvalue weighted by molar-refractivity contribution is -0.138. The quantitative estimate of drug-likeness (QED) is 0.881. The van der Waals surface area contributed by atoms with Crippen LogP contribution in [-0.2, 0) is 4.79 Å². The molecule has 2 aromatic carbocycles. The molecule has 0 saturated heterocycles. The van der Waals surface area contributed by atoms with E-state index in [-0.39, 0.29) is 0 Å². The fourth-order valence-corrected chi connectivity index (χ4v) is 2.02. The average Bonchev–Trinajstić information content (AvgIpc) is 2.36. The summed E-state index contributed by atoms with van der Waals surface area (Å²) < 4.78 is 5.26. The second kappa shape index (κ2) is 4.45. The van der Waals surface area contributed by atoms with Gasteiger partial charge in [0.1, 0.15) is 5.75 Å². The minimum Gasteiger partial charge on any atom is -0.496 e. The van der Waals surface area contributed by atoms with E-state index in [4.69, 9.17) is 9.84 Å². The summed E-state index contributed by atoms with van der Waals surface area (Å²) in [5.41, 5.74) is 0.734. The minimum absolute atomic E-state index is 0.587. The van der Waals surface area contributed by atoms with Crippen molar-refractivity contribution < 1.29 is 14.6 Å². The van der Waals surface area contributed by atoms with Crippen molar-refractivity contribution in [1.29, 1.82) is 0 Å². The molecule has 88 valence electrons. The van der Waals surface area contributed by atoms with Gasteiger partial charge in [-0.3, -0.25) is 4.79 Å². The third-order valence-corrected chi connectivity index (χ3v) is 2.95. The van der Waals surface area contributed by atoms with Crippen molar-refractivity contribution in [2.24, 2.45) is 0 Å². The number of carboxylic acids is 1. The topological polar surface area (TPSA) is 46.5 Å². The Kier molecular flexibility index (Phi) is 3.00. The fraction of sp³-hybridized carbons (Fsp3) is 0.214. The first-order chi connectivity index (χ1) is 8.15. The van der Waals surface area contributed by atoms with Crippen LogP contribution >= 0.6 is 0 Å². The van der Waals surface area contributed by atoms with Gasteiger partial charge >= 0.3 is 5.97 Å². The average molecular weight is 230 g/mol. The van der Waals surface area contributed by atoms with Crippen molar-refractivity contribution in [2.75, 3.05) is 7.11 Å².